The summed E-state index contributed by atoms with van der Waals surface area (Å²) in [6, 6.07) is 3.98. The van der Waals surface area contributed by atoms with Crippen LogP contribution in [0.25, 0.3) is 0 Å². The van der Waals surface area contributed by atoms with Crippen LogP contribution in [-0.2, 0) is 9.59 Å². The van der Waals surface area contributed by atoms with Crippen LogP contribution < -0.4 is 15.8 Å². The number of rotatable bonds is 7. The molecule has 0 fully saturated rings. The van der Waals surface area contributed by atoms with Gasteiger partial charge in [-0.2, -0.15) is 0 Å². The van der Waals surface area contributed by atoms with Crippen molar-refractivity contribution >= 4 is 35.0 Å². The minimum atomic E-state index is -0.707. The van der Waals surface area contributed by atoms with E-state index in [4.69, 9.17) is 33.7 Å². The lowest BCUT2D eigenvalue weighted by molar-refractivity contribution is -0.128. The molecular weight excluding hydrogens is 315 g/mol. The minimum absolute atomic E-state index is 0.231. The number of nitrogens with two attached hydrogens (primary N) is 1. The van der Waals surface area contributed by atoms with E-state index in [2.05, 4.69) is 5.32 Å². The summed E-state index contributed by atoms with van der Waals surface area (Å²) in [6.07, 6.45) is 0.475. The number of ether oxygens (including phenoxy) is 1. The zero-order chi connectivity index (χ0) is 16.0. The van der Waals surface area contributed by atoms with E-state index in [1.807, 2.05) is 13.8 Å². The lowest BCUT2D eigenvalue weighted by Crippen LogP contribution is -2.46. The average molecular weight is 333 g/mol. The predicted molar refractivity (Wildman–Crippen MR) is 82.5 cm³/mol. The van der Waals surface area contributed by atoms with E-state index < -0.39 is 17.9 Å². The van der Waals surface area contributed by atoms with Crippen molar-refractivity contribution in [2.24, 2.45) is 11.7 Å². The fraction of sp³-hybridized carbons (Fsp3) is 0.429. The molecule has 0 aliphatic rings. The van der Waals surface area contributed by atoms with Gasteiger partial charge < -0.3 is 15.8 Å². The molecule has 1 aromatic rings. The van der Waals surface area contributed by atoms with Crippen molar-refractivity contribution in [3.05, 3.63) is 28.2 Å². The smallest absolute Gasteiger partial charge is 0.258 e. The van der Waals surface area contributed by atoms with Gasteiger partial charge in [-0.15, -0.1) is 0 Å². The highest BCUT2D eigenvalue weighted by molar-refractivity contribution is 6.35. The molecule has 0 unspecified atom stereocenters. The first-order valence-corrected chi connectivity index (χ1v) is 7.21. The molecule has 0 heterocycles. The lowest BCUT2D eigenvalue weighted by Gasteiger charge is -2.17. The fourth-order valence-corrected chi connectivity index (χ4v) is 2.15. The number of amides is 2. The molecule has 21 heavy (non-hydrogen) atoms. The van der Waals surface area contributed by atoms with E-state index in [0.29, 0.717) is 22.2 Å². The number of benzene rings is 1. The normalized spacial score (nSPS) is 12.0. The van der Waals surface area contributed by atoms with Gasteiger partial charge in [0, 0.05) is 5.02 Å². The van der Waals surface area contributed by atoms with Crippen molar-refractivity contribution < 1.29 is 14.3 Å². The molecule has 0 aliphatic carbocycles. The quantitative estimate of drug-likeness (QED) is 0.804. The molecule has 1 atom stereocenters. The Bertz CT molecular complexity index is 521. The maximum Gasteiger partial charge on any atom is 0.258 e. The van der Waals surface area contributed by atoms with E-state index in [-0.39, 0.29) is 12.5 Å². The summed E-state index contributed by atoms with van der Waals surface area (Å²) in [4.78, 5) is 23.0. The summed E-state index contributed by atoms with van der Waals surface area (Å²) in [5, 5.41) is 3.33. The molecule has 3 N–H and O–H groups in total. The van der Waals surface area contributed by atoms with Crippen molar-refractivity contribution in [2.45, 2.75) is 26.3 Å². The van der Waals surface area contributed by atoms with Gasteiger partial charge in [0.15, 0.2) is 6.61 Å². The van der Waals surface area contributed by atoms with Crippen molar-refractivity contribution in [2.75, 3.05) is 6.61 Å². The summed E-state index contributed by atoms with van der Waals surface area (Å²) in [5.41, 5.74) is 5.25. The van der Waals surface area contributed by atoms with Gasteiger partial charge in [-0.05, 0) is 30.5 Å². The third kappa shape index (κ3) is 6.23. The van der Waals surface area contributed by atoms with Crippen LogP contribution in [0.4, 0.5) is 0 Å². The minimum Gasteiger partial charge on any atom is -0.482 e. The van der Waals surface area contributed by atoms with E-state index >= 15 is 0 Å². The summed E-state index contributed by atoms with van der Waals surface area (Å²) in [6.45, 7) is 3.61. The maximum atomic E-state index is 11.8. The molecule has 0 aliphatic heterocycles. The second-order valence-corrected chi connectivity index (χ2v) is 5.86. The molecule has 2 amide bonds. The Morgan fingerprint density at radius 1 is 1.33 bits per heavy atom. The summed E-state index contributed by atoms with van der Waals surface area (Å²) in [5.74, 6) is -0.433. The number of hydrogen-bond donors (Lipinski definition) is 2. The van der Waals surface area contributed by atoms with Gasteiger partial charge in [0.25, 0.3) is 5.91 Å². The number of carbonyl (C=O) groups is 2. The Morgan fingerprint density at radius 3 is 2.52 bits per heavy atom. The van der Waals surface area contributed by atoms with Crippen LogP contribution in [0.2, 0.25) is 10.0 Å². The van der Waals surface area contributed by atoms with Crippen molar-refractivity contribution in [1.29, 1.82) is 0 Å². The molecule has 0 saturated heterocycles. The average Bonchev–Trinajstić information content (AvgIpc) is 2.36. The van der Waals surface area contributed by atoms with Gasteiger partial charge >= 0.3 is 0 Å². The van der Waals surface area contributed by atoms with Crippen LogP contribution in [0.5, 0.6) is 5.75 Å². The maximum absolute atomic E-state index is 11.8. The first-order chi connectivity index (χ1) is 9.79. The van der Waals surface area contributed by atoms with Crippen LogP contribution in [0.3, 0.4) is 0 Å². The zero-order valence-corrected chi connectivity index (χ0v) is 13.4. The molecule has 1 rings (SSSR count). The number of primary amides is 1. The Balaban J connectivity index is 2.54. The van der Waals surface area contributed by atoms with Crippen LogP contribution in [0.15, 0.2) is 18.2 Å². The third-order valence-corrected chi connectivity index (χ3v) is 3.17. The highest BCUT2D eigenvalue weighted by Gasteiger charge is 2.19. The molecule has 7 heteroatoms. The van der Waals surface area contributed by atoms with E-state index in [1.54, 1.807) is 12.1 Å². The second kappa shape index (κ2) is 8.10. The molecule has 0 spiro atoms. The number of carbonyl (C=O) groups excluding carboxylic acids is 2. The van der Waals surface area contributed by atoms with Gasteiger partial charge in [0.1, 0.15) is 11.8 Å². The van der Waals surface area contributed by atoms with E-state index in [0.717, 1.165) is 0 Å². The second-order valence-electron chi connectivity index (χ2n) is 5.02. The topological polar surface area (TPSA) is 81.4 Å². The van der Waals surface area contributed by atoms with Crippen LogP contribution >= 0.6 is 23.2 Å². The zero-order valence-electron chi connectivity index (χ0n) is 11.9. The van der Waals surface area contributed by atoms with E-state index in [1.165, 1.54) is 6.07 Å². The lowest BCUT2D eigenvalue weighted by atomic mass is 10.0. The molecule has 0 saturated carbocycles. The molecule has 0 bridgehead atoms. The molecular formula is C14H18Cl2N2O3. The van der Waals surface area contributed by atoms with Gasteiger partial charge in [-0.1, -0.05) is 37.0 Å². The van der Waals surface area contributed by atoms with Crippen LogP contribution in [0.1, 0.15) is 20.3 Å². The largest absolute Gasteiger partial charge is 0.482 e. The number of halogens is 2. The van der Waals surface area contributed by atoms with Crippen molar-refractivity contribution in [1.82, 2.24) is 5.32 Å². The van der Waals surface area contributed by atoms with Crippen molar-refractivity contribution in [3.63, 3.8) is 0 Å². The number of nitrogens with one attached hydrogen (secondary N) is 1. The monoisotopic (exact) mass is 332 g/mol. The van der Waals surface area contributed by atoms with Gasteiger partial charge in [-0.25, -0.2) is 0 Å². The highest BCUT2D eigenvalue weighted by atomic mass is 35.5. The summed E-state index contributed by atoms with van der Waals surface area (Å²) >= 11 is 11.7. The molecule has 116 valence electrons. The molecule has 5 nitrogen and oxygen atoms in total. The van der Waals surface area contributed by atoms with Crippen molar-refractivity contribution in [3.8, 4) is 5.75 Å². The first-order valence-electron chi connectivity index (χ1n) is 6.46. The number of hydrogen-bond acceptors (Lipinski definition) is 3. The fourth-order valence-electron chi connectivity index (χ4n) is 1.69. The Kier molecular flexibility index (Phi) is 6.78. The van der Waals surface area contributed by atoms with Gasteiger partial charge in [0.2, 0.25) is 5.91 Å². The molecule has 0 radical (unpaired) electrons. The first kappa shape index (κ1) is 17.6. The van der Waals surface area contributed by atoms with E-state index in [9.17, 15) is 9.59 Å². The summed E-state index contributed by atoms with van der Waals surface area (Å²) < 4.78 is 5.28. The third-order valence-electron chi connectivity index (χ3n) is 2.64. The molecule has 0 aromatic heterocycles. The summed E-state index contributed by atoms with van der Waals surface area (Å²) in [7, 11) is 0. The SMILES string of the molecule is CC(C)C[C@H](NC(=O)COc1ccc(Cl)cc1Cl)C(N)=O. The van der Waals surface area contributed by atoms with Crippen LogP contribution in [0, 0.1) is 5.92 Å². The Morgan fingerprint density at radius 2 is 2.00 bits per heavy atom. The Hall–Kier alpha value is -1.46. The Labute approximate surface area is 133 Å². The highest BCUT2D eigenvalue weighted by Crippen LogP contribution is 2.27. The standard InChI is InChI=1S/C14H18Cl2N2O3/c1-8(2)5-11(14(17)20)18-13(19)7-21-12-4-3-9(15)6-10(12)16/h3-4,6,8,11H,5,7H2,1-2H3,(H2,17,20)(H,18,19)/t11-/m0/s1. The van der Waals surface area contributed by atoms with Gasteiger partial charge in [-0.3, -0.25) is 9.59 Å². The molecule has 1 aromatic carbocycles. The predicted octanol–water partition coefficient (Wildman–Crippen LogP) is 2.39. The van der Waals surface area contributed by atoms with Gasteiger partial charge in [0.05, 0.1) is 5.02 Å². The van der Waals surface area contributed by atoms with Crippen LogP contribution in [-0.4, -0.2) is 24.5 Å².